The molecule has 1 amide bonds. The number of hydrogen-bond donors (Lipinski definition) is 2. The van der Waals surface area contributed by atoms with Crippen LogP contribution >= 0.6 is 0 Å². The van der Waals surface area contributed by atoms with Gasteiger partial charge in [0, 0.05) is 12.1 Å². The first-order valence-corrected chi connectivity index (χ1v) is 4.67. The van der Waals surface area contributed by atoms with Crippen molar-refractivity contribution in [2.24, 2.45) is 0 Å². The standard InChI is InChI=1S/C9H11N5O2/c10-9-12-6-14(13-9)4-8(15)11-3-7-1-2-16-5-7/h1-2,5-6H,3-4H2,(H2,10,13)(H,11,15). The Bertz CT molecular complexity index is 462. The summed E-state index contributed by atoms with van der Waals surface area (Å²) in [5, 5.41) is 6.51. The van der Waals surface area contributed by atoms with E-state index in [0.29, 0.717) is 6.54 Å². The molecular formula is C9H11N5O2. The third-order valence-electron chi connectivity index (χ3n) is 1.93. The average molecular weight is 221 g/mol. The molecule has 0 aliphatic carbocycles. The number of anilines is 1. The molecule has 2 aromatic heterocycles. The summed E-state index contributed by atoms with van der Waals surface area (Å²) in [6.07, 6.45) is 4.54. The fraction of sp³-hybridized carbons (Fsp3) is 0.222. The molecule has 84 valence electrons. The lowest BCUT2D eigenvalue weighted by Crippen LogP contribution is -2.27. The first-order chi connectivity index (χ1) is 7.74. The van der Waals surface area contributed by atoms with E-state index in [2.05, 4.69) is 15.4 Å². The van der Waals surface area contributed by atoms with Gasteiger partial charge in [-0.1, -0.05) is 0 Å². The number of rotatable bonds is 4. The van der Waals surface area contributed by atoms with Crippen molar-refractivity contribution in [3.63, 3.8) is 0 Å². The maximum Gasteiger partial charge on any atom is 0.242 e. The minimum absolute atomic E-state index is 0.0993. The summed E-state index contributed by atoms with van der Waals surface area (Å²) in [4.78, 5) is 15.2. The van der Waals surface area contributed by atoms with Crippen molar-refractivity contribution in [2.75, 3.05) is 5.73 Å². The maximum absolute atomic E-state index is 11.4. The summed E-state index contributed by atoms with van der Waals surface area (Å²) < 4.78 is 6.25. The lowest BCUT2D eigenvalue weighted by molar-refractivity contribution is -0.122. The fourth-order valence-corrected chi connectivity index (χ4v) is 1.18. The normalized spacial score (nSPS) is 10.2. The van der Waals surface area contributed by atoms with Crippen LogP contribution in [0.4, 0.5) is 5.95 Å². The number of nitrogens with zero attached hydrogens (tertiary/aromatic N) is 3. The molecule has 7 nitrogen and oxygen atoms in total. The maximum atomic E-state index is 11.4. The van der Waals surface area contributed by atoms with Crippen molar-refractivity contribution < 1.29 is 9.21 Å². The molecule has 16 heavy (non-hydrogen) atoms. The number of carbonyl (C=O) groups excluding carboxylic acids is 1. The minimum atomic E-state index is -0.161. The van der Waals surface area contributed by atoms with Gasteiger partial charge >= 0.3 is 0 Å². The molecule has 2 rings (SSSR count). The molecule has 7 heteroatoms. The second-order valence-corrected chi connectivity index (χ2v) is 3.21. The Morgan fingerprint density at radius 3 is 3.12 bits per heavy atom. The Hall–Kier alpha value is -2.31. The molecular weight excluding hydrogens is 210 g/mol. The molecule has 2 aromatic rings. The fourth-order valence-electron chi connectivity index (χ4n) is 1.18. The number of amides is 1. The largest absolute Gasteiger partial charge is 0.472 e. The number of hydrogen-bond acceptors (Lipinski definition) is 5. The quantitative estimate of drug-likeness (QED) is 0.743. The number of nitrogens with two attached hydrogens (primary N) is 1. The van der Waals surface area contributed by atoms with E-state index in [1.54, 1.807) is 18.6 Å². The van der Waals surface area contributed by atoms with Crippen LogP contribution in [0.15, 0.2) is 29.3 Å². The lowest BCUT2D eigenvalue weighted by Gasteiger charge is -2.02. The topological polar surface area (TPSA) is 99.0 Å². The van der Waals surface area contributed by atoms with Crippen LogP contribution in [0.3, 0.4) is 0 Å². The van der Waals surface area contributed by atoms with Crippen LogP contribution in [0.2, 0.25) is 0 Å². The predicted octanol–water partition coefficient (Wildman–Crippen LogP) is -0.230. The van der Waals surface area contributed by atoms with Gasteiger partial charge in [0.15, 0.2) is 0 Å². The van der Waals surface area contributed by atoms with Crippen LogP contribution in [-0.4, -0.2) is 20.7 Å². The third kappa shape index (κ3) is 2.59. The molecule has 0 fully saturated rings. The van der Waals surface area contributed by atoms with Crippen LogP contribution in [0.25, 0.3) is 0 Å². The highest BCUT2D eigenvalue weighted by molar-refractivity contribution is 5.75. The van der Waals surface area contributed by atoms with Gasteiger partial charge in [-0.2, -0.15) is 0 Å². The Labute approximate surface area is 91.3 Å². The summed E-state index contributed by atoms with van der Waals surface area (Å²) >= 11 is 0. The molecule has 0 aromatic carbocycles. The zero-order chi connectivity index (χ0) is 11.4. The van der Waals surface area contributed by atoms with Gasteiger partial charge in [0.2, 0.25) is 11.9 Å². The predicted molar refractivity (Wildman–Crippen MR) is 55.0 cm³/mol. The van der Waals surface area contributed by atoms with Crippen molar-refractivity contribution in [1.82, 2.24) is 20.1 Å². The third-order valence-corrected chi connectivity index (χ3v) is 1.93. The van der Waals surface area contributed by atoms with Gasteiger partial charge in [-0.15, -0.1) is 5.10 Å². The summed E-state index contributed by atoms with van der Waals surface area (Å²) in [7, 11) is 0. The Morgan fingerprint density at radius 1 is 1.62 bits per heavy atom. The molecule has 0 aliphatic heterocycles. The molecule has 0 unspecified atom stereocenters. The van der Waals surface area contributed by atoms with Crippen molar-refractivity contribution in [3.05, 3.63) is 30.5 Å². The zero-order valence-corrected chi connectivity index (χ0v) is 8.46. The molecule has 0 saturated carbocycles. The van der Waals surface area contributed by atoms with E-state index in [1.165, 1.54) is 11.0 Å². The SMILES string of the molecule is Nc1ncn(CC(=O)NCc2ccoc2)n1. The van der Waals surface area contributed by atoms with Gasteiger partial charge in [-0.25, -0.2) is 9.67 Å². The molecule has 0 spiro atoms. The number of furan rings is 1. The second-order valence-electron chi connectivity index (χ2n) is 3.21. The van der Waals surface area contributed by atoms with Gasteiger partial charge < -0.3 is 15.5 Å². The average Bonchev–Trinajstić information content (AvgIpc) is 2.87. The molecule has 0 bridgehead atoms. The van der Waals surface area contributed by atoms with Gasteiger partial charge in [0.1, 0.15) is 12.9 Å². The highest BCUT2D eigenvalue weighted by Crippen LogP contribution is 1.98. The van der Waals surface area contributed by atoms with E-state index < -0.39 is 0 Å². The highest BCUT2D eigenvalue weighted by Gasteiger charge is 2.04. The van der Waals surface area contributed by atoms with Gasteiger partial charge in [-0.3, -0.25) is 4.79 Å². The highest BCUT2D eigenvalue weighted by atomic mass is 16.3. The summed E-state index contributed by atoms with van der Waals surface area (Å²) in [6, 6.07) is 1.79. The van der Waals surface area contributed by atoms with Crippen molar-refractivity contribution in [3.8, 4) is 0 Å². The molecule has 0 aliphatic rings. The zero-order valence-electron chi connectivity index (χ0n) is 8.46. The van der Waals surface area contributed by atoms with E-state index in [4.69, 9.17) is 10.2 Å². The van der Waals surface area contributed by atoms with Crippen molar-refractivity contribution in [1.29, 1.82) is 0 Å². The number of carbonyl (C=O) groups is 1. The molecule has 0 radical (unpaired) electrons. The summed E-state index contributed by atoms with van der Waals surface area (Å²) in [5.74, 6) is -0.00580. The smallest absolute Gasteiger partial charge is 0.242 e. The van der Waals surface area contributed by atoms with Gasteiger partial charge in [-0.05, 0) is 6.07 Å². The number of aromatic nitrogens is 3. The Kier molecular flexibility index (Phi) is 2.86. The molecule has 0 saturated heterocycles. The van der Waals surface area contributed by atoms with Crippen molar-refractivity contribution in [2.45, 2.75) is 13.1 Å². The van der Waals surface area contributed by atoms with Crippen molar-refractivity contribution >= 4 is 11.9 Å². The van der Waals surface area contributed by atoms with Crippen LogP contribution in [0.1, 0.15) is 5.56 Å². The molecule has 0 atom stereocenters. The van der Waals surface area contributed by atoms with E-state index >= 15 is 0 Å². The minimum Gasteiger partial charge on any atom is -0.472 e. The monoisotopic (exact) mass is 221 g/mol. The van der Waals surface area contributed by atoms with Gasteiger partial charge in [0.25, 0.3) is 0 Å². The molecule has 2 heterocycles. The van der Waals surface area contributed by atoms with E-state index in [9.17, 15) is 4.79 Å². The van der Waals surface area contributed by atoms with E-state index in [1.807, 2.05) is 0 Å². The van der Waals surface area contributed by atoms with Crippen LogP contribution in [0, 0.1) is 0 Å². The van der Waals surface area contributed by atoms with E-state index in [0.717, 1.165) is 5.56 Å². The lowest BCUT2D eigenvalue weighted by atomic mass is 10.3. The summed E-state index contributed by atoms with van der Waals surface area (Å²) in [5.41, 5.74) is 6.23. The van der Waals surface area contributed by atoms with Crippen LogP contribution in [-0.2, 0) is 17.9 Å². The van der Waals surface area contributed by atoms with Crippen LogP contribution < -0.4 is 11.1 Å². The first-order valence-electron chi connectivity index (χ1n) is 4.67. The first kappa shape index (κ1) is 10.2. The summed E-state index contributed by atoms with van der Waals surface area (Å²) in [6.45, 7) is 0.529. The molecule has 3 N–H and O–H groups in total. The number of nitrogen functional groups attached to an aromatic ring is 1. The second kappa shape index (κ2) is 4.47. The van der Waals surface area contributed by atoms with Crippen LogP contribution in [0.5, 0.6) is 0 Å². The Morgan fingerprint density at radius 2 is 2.50 bits per heavy atom. The van der Waals surface area contributed by atoms with Gasteiger partial charge in [0.05, 0.1) is 12.5 Å². The Balaban J connectivity index is 1.81. The van der Waals surface area contributed by atoms with E-state index in [-0.39, 0.29) is 18.4 Å². The number of nitrogens with one attached hydrogen (secondary N) is 1.